The fourth-order valence-electron chi connectivity index (χ4n) is 2.93. The lowest BCUT2D eigenvalue weighted by Crippen LogP contribution is -2.13. The van der Waals surface area contributed by atoms with Crippen LogP contribution in [0.2, 0.25) is 0 Å². The number of nitrogens with zero attached hydrogens (tertiary/aromatic N) is 3. The maximum absolute atomic E-state index is 6.17. The first-order valence-corrected chi connectivity index (χ1v) is 9.88. The fraction of sp³-hybridized carbons (Fsp3) is 0.350. The number of anilines is 3. The predicted molar refractivity (Wildman–Crippen MR) is 109 cm³/mol. The Morgan fingerprint density at radius 1 is 1.19 bits per heavy atom. The van der Waals surface area contributed by atoms with Crippen molar-refractivity contribution in [3.8, 4) is 11.6 Å². The quantitative estimate of drug-likeness (QED) is 0.653. The lowest BCUT2D eigenvalue weighted by Gasteiger charge is -2.21. The Kier molecular flexibility index (Phi) is 4.70. The van der Waals surface area contributed by atoms with Crippen molar-refractivity contribution in [2.24, 2.45) is 0 Å². The Morgan fingerprint density at radius 2 is 2.07 bits per heavy atom. The summed E-state index contributed by atoms with van der Waals surface area (Å²) in [5.41, 5.74) is 3.02. The summed E-state index contributed by atoms with van der Waals surface area (Å²) in [4.78, 5) is 9.01. The summed E-state index contributed by atoms with van der Waals surface area (Å²) in [5.74, 6) is 2.13. The molecule has 1 aromatic carbocycles. The third-order valence-corrected chi connectivity index (χ3v) is 4.98. The topological polar surface area (TPSA) is 72.0 Å². The summed E-state index contributed by atoms with van der Waals surface area (Å²) in [6, 6.07) is 9.94. The van der Waals surface area contributed by atoms with Crippen molar-refractivity contribution in [3.05, 3.63) is 47.9 Å². The van der Waals surface area contributed by atoms with Crippen molar-refractivity contribution >= 4 is 28.0 Å². The summed E-state index contributed by atoms with van der Waals surface area (Å²) >= 11 is 1.34. The van der Waals surface area contributed by atoms with Gasteiger partial charge in [-0.2, -0.15) is 4.37 Å². The molecule has 0 spiro atoms. The number of aromatic nitrogens is 3. The van der Waals surface area contributed by atoms with Crippen LogP contribution in [0.25, 0.3) is 0 Å². The van der Waals surface area contributed by atoms with Crippen LogP contribution in [0.4, 0.5) is 16.5 Å². The molecule has 1 aliphatic rings. The van der Waals surface area contributed by atoms with E-state index in [1.54, 1.807) is 6.20 Å². The minimum Gasteiger partial charge on any atom is -0.435 e. The Morgan fingerprint density at radius 3 is 2.89 bits per heavy atom. The molecule has 0 bridgehead atoms. The molecular formula is C20H23N5OS. The molecular weight excluding hydrogens is 358 g/mol. The molecule has 0 unspecified atom stereocenters. The highest BCUT2D eigenvalue weighted by Crippen LogP contribution is 2.37. The van der Waals surface area contributed by atoms with Gasteiger partial charge < -0.3 is 15.4 Å². The van der Waals surface area contributed by atoms with Crippen molar-refractivity contribution in [2.45, 2.75) is 39.0 Å². The number of fused-ring (bicyclic) bond motifs is 1. The van der Waals surface area contributed by atoms with Gasteiger partial charge in [-0.3, -0.25) is 0 Å². The maximum Gasteiger partial charge on any atom is 0.243 e. The van der Waals surface area contributed by atoms with Crippen molar-refractivity contribution in [1.29, 1.82) is 0 Å². The van der Waals surface area contributed by atoms with Crippen LogP contribution in [-0.2, 0) is 11.8 Å². The number of nitrogens with one attached hydrogen (secondary N) is 2. The Balaban J connectivity index is 1.60. The van der Waals surface area contributed by atoms with Crippen LogP contribution in [0.15, 0.2) is 36.5 Å². The third kappa shape index (κ3) is 3.88. The van der Waals surface area contributed by atoms with Crippen LogP contribution in [0.1, 0.15) is 38.6 Å². The van der Waals surface area contributed by atoms with E-state index in [-0.39, 0.29) is 5.41 Å². The minimum absolute atomic E-state index is 0.0839. The van der Waals surface area contributed by atoms with Gasteiger partial charge in [0, 0.05) is 29.7 Å². The minimum atomic E-state index is -0.0839. The molecule has 2 aromatic heterocycles. The van der Waals surface area contributed by atoms with E-state index in [2.05, 4.69) is 51.8 Å². The summed E-state index contributed by atoms with van der Waals surface area (Å²) in [6.07, 6.45) is 3.93. The molecule has 0 radical (unpaired) electrons. The zero-order valence-corrected chi connectivity index (χ0v) is 16.6. The molecule has 0 fully saturated rings. The second-order valence-corrected chi connectivity index (χ2v) is 8.33. The molecule has 0 amide bonds. The first-order valence-electron chi connectivity index (χ1n) is 9.10. The second kappa shape index (κ2) is 7.15. The normalized spacial score (nSPS) is 13.6. The standard InChI is InChI=1S/C20H23N5OS/c1-20(2,3)18-24-19(27-25-18)23-14-9-6-12-22-17(14)26-15-10-4-7-13-8-5-11-21-16(13)15/h4,6-7,9-10,12,21H,5,8,11H2,1-3H3,(H,23,24,25). The van der Waals surface area contributed by atoms with Crippen LogP contribution >= 0.6 is 11.5 Å². The lowest BCUT2D eigenvalue weighted by atomic mass is 9.96. The lowest BCUT2D eigenvalue weighted by molar-refractivity contribution is 0.465. The average Bonchev–Trinajstić information content (AvgIpc) is 3.13. The number of hydrogen-bond donors (Lipinski definition) is 2. The van der Waals surface area contributed by atoms with Gasteiger partial charge in [-0.15, -0.1) is 0 Å². The van der Waals surface area contributed by atoms with Crippen LogP contribution in [0.3, 0.4) is 0 Å². The van der Waals surface area contributed by atoms with Crippen molar-refractivity contribution in [2.75, 3.05) is 17.2 Å². The van der Waals surface area contributed by atoms with E-state index in [1.165, 1.54) is 17.1 Å². The van der Waals surface area contributed by atoms with E-state index < -0.39 is 0 Å². The van der Waals surface area contributed by atoms with E-state index in [0.29, 0.717) is 5.88 Å². The van der Waals surface area contributed by atoms with E-state index in [4.69, 9.17) is 4.74 Å². The zero-order chi connectivity index (χ0) is 18.9. The van der Waals surface area contributed by atoms with Gasteiger partial charge in [-0.1, -0.05) is 32.9 Å². The Bertz CT molecular complexity index is 948. The molecule has 1 aliphatic heterocycles. The molecule has 140 valence electrons. The molecule has 27 heavy (non-hydrogen) atoms. The summed E-state index contributed by atoms with van der Waals surface area (Å²) in [5, 5.41) is 7.48. The summed E-state index contributed by atoms with van der Waals surface area (Å²) < 4.78 is 10.6. The van der Waals surface area contributed by atoms with Gasteiger partial charge in [-0.25, -0.2) is 9.97 Å². The van der Waals surface area contributed by atoms with Crippen molar-refractivity contribution in [3.63, 3.8) is 0 Å². The van der Waals surface area contributed by atoms with E-state index in [1.807, 2.05) is 24.3 Å². The third-order valence-electron chi connectivity index (χ3n) is 4.35. The van der Waals surface area contributed by atoms with Crippen LogP contribution in [0.5, 0.6) is 11.6 Å². The van der Waals surface area contributed by atoms with E-state index in [0.717, 1.165) is 47.5 Å². The zero-order valence-electron chi connectivity index (χ0n) is 15.7. The first kappa shape index (κ1) is 17.7. The fourth-order valence-corrected chi connectivity index (χ4v) is 3.70. The van der Waals surface area contributed by atoms with Gasteiger partial charge in [0.1, 0.15) is 11.5 Å². The average molecular weight is 382 g/mol. The Hall–Kier alpha value is -2.67. The molecule has 0 saturated heterocycles. The first-order chi connectivity index (χ1) is 13.0. The van der Waals surface area contributed by atoms with Gasteiger partial charge in [0.05, 0.1) is 5.69 Å². The number of hydrogen-bond acceptors (Lipinski definition) is 7. The van der Waals surface area contributed by atoms with Crippen LogP contribution < -0.4 is 15.4 Å². The highest BCUT2D eigenvalue weighted by atomic mass is 32.1. The second-order valence-electron chi connectivity index (χ2n) is 7.58. The SMILES string of the molecule is CC(C)(C)c1nsc(Nc2cccnc2Oc2cccc3c2NCCC3)n1. The van der Waals surface area contributed by atoms with Gasteiger partial charge in [-0.05, 0) is 36.6 Å². The monoisotopic (exact) mass is 381 g/mol. The molecule has 6 nitrogen and oxygen atoms in total. The molecule has 7 heteroatoms. The molecule has 2 N–H and O–H groups in total. The maximum atomic E-state index is 6.17. The van der Waals surface area contributed by atoms with Crippen molar-refractivity contribution in [1.82, 2.24) is 14.3 Å². The number of ether oxygens (including phenoxy) is 1. The van der Waals surface area contributed by atoms with E-state index in [9.17, 15) is 0 Å². The van der Waals surface area contributed by atoms with Gasteiger partial charge >= 0.3 is 0 Å². The molecule has 0 saturated carbocycles. The number of rotatable bonds is 4. The highest BCUT2D eigenvalue weighted by molar-refractivity contribution is 7.09. The largest absolute Gasteiger partial charge is 0.435 e. The van der Waals surface area contributed by atoms with Crippen molar-refractivity contribution < 1.29 is 4.74 Å². The number of pyridine rings is 1. The number of aryl methyl sites for hydroxylation is 1. The molecule has 3 heterocycles. The number of benzene rings is 1. The molecule has 4 rings (SSSR count). The molecule has 0 aliphatic carbocycles. The summed E-state index contributed by atoms with van der Waals surface area (Å²) in [6.45, 7) is 7.26. The highest BCUT2D eigenvalue weighted by Gasteiger charge is 2.20. The molecule has 3 aromatic rings. The van der Waals surface area contributed by atoms with Crippen LogP contribution in [-0.4, -0.2) is 20.9 Å². The van der Waals surface area contributed by atoms with Gasteiger partial charge in [0.15, 0.2) is 5.75 Å². The molecule has 0 atom stereocenters. The smallest absolute Gasteiger partial charge is 0.243 e. The summed E-state index contributed by atoms with van der Waals surface area (Å²) in [7, 11) is 0. The van der Waals surface area contributed by atoms with Gasteiger partial charge in [0.2, 0.25) is 11.0 Å². The van der Waals surface area contributed by atoms with Crippen LogP contribution in [0, 0.1) is 0 Å². The van der Waals surface area contributed by atoms with Gasteiger partial charge in [0.25, 0.3) is 0 Å². The van der Waals surface area contributed by atoms with E-state index >= 15 is 0 Å². The predicted octanol–water partition coefficient (Wildman–Crippen LogP) is 5.12. The Labute approximate surface area is 163 Å². The number of para-hydroxylation sites is 1.